The first-order chi connectivity index (χ1) is 7.39. The van der Waals surface area contributed by atoms with E-state index >= 15 is 0 Å². The van der Waals surface area contributed by atoms with Gasteiger partial charge in [0.1, 0.15) is 12.7 Å². The Labute approximate surface area is 94.2 Å². The molecule has 0 bridgehead atoms. The summed E-state index contributed by atoms with van der Waals surface area (Å²) in [6.45, 7) is 2.57. The molecule has 2 fully saturated rings. The van der Waals surface area contributed by atoms with E-state index < -0.39 is 21.5 Å². The summed E-state index contributed by atoms with van der Waals surface area (Å²) in [7, 11) is -3.01. The topological polar surface area (TPSA) is 85.0 Å². The third-order valence-corrected chi connectivity index (χ3v) is 4.61. The number of epoxide rings is 1. The number of hydrogen-bond acceptors (Lipinski definition) is 5. The highest BCUT2D eigenvalue weighted by molar-refractivity contribution is 7.91. The third kappa shape index (κ3) is 3.08. The molecule has 0 unspecified atom stereocenters. The van der Waals surface area contributed by atoms with Crippen molar-refractivity contribution in [2.45, 2.75) is 25.0 Å². The Morgan fingerprint density at radius 1 is 1.62 bits per heavy atom. The van der Waals surface area contributed by atoms with E-state index in [2.05, 4.69) is 5.32 Å². The maximum absolute atomic E-state index is 11.4. The Kier molecular flexibility index (Phi) is 2.83. The average Bonchev–Trinajstić information content (AvgIpc) is 2.90. The van der Waals surface area contributed by atoms with Crippen LogP contribution in [0.3, 0.4) is 0 Å². The number of hydrogen-bond donors (Lipinski definition) is 1. The Hall–Kier alpha value is -0.820. The Morgan fingerprint density at radius 2 is 2.31 bits per heavy atom. The zero-order chi connectivity index (χ0) is 11.8. The summed E-state index contributed by atoms with van der Waals surface area (Å²) in [5.41, 5.74) is -0.694. The molecule has 2 saturated heterocycles. The summed E-state index contributed by atoms with van der Waals surface area (Å²) in [6, 6.07) is 0. The van der Waals surface area contributed by atoms with Crippen LogP contribution in [0.1, 0.15) is 13.3 Å². The van der Waals surface area contributed by atoms with Crippen molar-refractivity contribution in [1.82, 2.24) is 5.32 Å². The molecule has 92 valence electrons. The summed E-state index contributed by atoms with van der Waals surface area (Å²) in [6.07, 6.45) is -0.120. The molecule has 2 aliphatic rings. The van der Waals surface area contributed by atoms with Gasteiger partial charge in [0.15, 0.2) is 9.84 Å². The van der Waals surface area contributed by atoms with E-state index in [1.54, 1.807) is 6.92 Å². The normalized spacial score (nSPS) is 35.7. The van der Waals surface area contributed by atoms with E-state index in [0.717, 1.165) is 0 Å². The van der Waals surface area contributed by atoms with Gasteiger partial charge in [-0.25, -0.2) is 13.2 Å². The molecule has 16 heavy (non-hydrogen) atoms. The van der Waals surface area contributed by atoms with E-state index in [0.29, 0.717) is 13.0 Å². The van der Waals surface area contributed by atoms with Crippen molar-refractivity contribution in [2.75, 3.05) is 24.7 Å². The largest absolute Gasteiger partial charge is 0.447 e. The standard InChI is InChI=1S/C9H15NO5S/c1-9(2-3-16(12,13)6-9)10-8(11)15-5-7-4-14-7/h7H,2-6H2,1H3,(H,10,11)/t7-,9+/m1/s1. The van der Waals surface area contributed by atoms with Crippen LogP contribution in [0.5, 0.6) is 0 Å². The predicted molar refractivity (Wildman–Crippen MR) is 55.9 cm³/mol. The first-order valence-corrected chi connectivity index (χ1v) is 6.98. The van der Waals surface area contributed by atoms with Crippen molar-refractivity contribution >= 4 is 15.9 Å². The highest BCUT2D eigenvalue weighted by atomic mass is 32.2. The summed E-state index contributed by atoms with van der Waals surface area (Å²) in [5.74, 6) is 0.102. The summed E-state index contributed by atoms with van der Waals surface area (Å²) < 4.78 is 32.4. The summed E-state index contributed by atoms with van der Waals surface area (Å²) >= 11 is 0. The van der Waals surface area contributed by atoms with Gasteiger partial charge in [-0.05, 0) is 13.3 Å². The molecule has 0 aliphatic carbocycles. The van der Waals surface area contributed by atoms with Crippen LogP contribution in [0.25, 0.3) is 0 Å². The molecular weight excluding hydrogens is 234 g/mol. The Balaban J connectivity index is 1.81. The molecule has 1 N–H and O–H groups in total. The first-order valence-electron chi connectivity index (χ1n) is 5.16. The van der Waals surface area contributed by atoms with Gasteiger partial charge in [-0.15, -0.1) is 0 Å². The van der Waals surface area contributed by atoms with Gasteiger partial charge in [0.05, 0.1) is 23.7 Å². The van der Waals surface area contributed by atoms with E-state index in [1.807, 2.05) is 0 Å². The predicted octanol–water partition coefficient (Wildman–Crippen LogP) is -0.311. The molecule has 7 heteroatoms. The lowest BCUT2D eigenvalue weighted by molar-refractivity contribution is 0.127. The smallest absolute Gasteiger partial charge is 0.407 e. The van der Waals surface area contributed by atoms with Gasteiger partial charge in [-0.1, -0.05) is 0 Å². The monoisotopic (exact) mass is 249 g/mol. The maximum Gasteiger partial charge on any atom is 0.407 e. The minimum absolute atomic E-state index is 0.0188. The fraction of sp³-hybridized carbons (Fsp3) is 0.889. The molecule has 2 aliphatic heterocycles. The second-order valence-corrected chi connectivity index (χ2v) is 6.77. The molecule has 0 aromatic carbocycles. The number of rotatable bonds is 3. The van der Waals surface area contributed by atoms with Gasteiger partial charge in [-0.3, -0.25) is 0 Å². The van der Waals surface area contributed by atoms with Crippen molar-refractivity contribution < 1.29 is 22.7 Å². The van der Waals surface area contributed by atoms with Gasteiger partial charge >= 0.3 is 6.09 Å². The SMILES string of the molecule is C[C@]1(NC(=O)OC[C@H]2CO2)CCS(=O)(=O)C1. The molecule has 0 aromatic rings. The van der Waals surface area contributed by atoms with Crippen molar-refractivity contribution in [3.05, 3.63) is 0 Å². The number of carbonyl (C=O) groups excluding carboxylic acids is 1. The lowest BCUT2D eigenvalue weighted by atomic mass is 10.0. The molecule has 0 aromatic heterocycles. The lowest BCUT2D eigenvalue weighted by Crippen LogP contribution is -2.47. The van der Waals surface area contributed by atoms with Crippen molar-refractivity contribution in [3.63, 3.8) is 0 Å². The minimum atomic E-state index is -3.01. The maximum atomic E-state index is 11.4. The number of alkyl carbamates (subject to hydrolysis) is 1. The van der Waals surface area contributed by atoms with Gasteiger partial charge in [0.25, 0.3) is 0 Å². The van der Waals surface area contributed by atoms with Crippen molar-refractivity contribution in [3.8, 4) is 0 Å². The van der Waals surface area contributed by atoms with E-state index in [1.165, 1.54) is 0 Å². The quantitative estimate of drug-likeness (QED) is 0.693. The van der Waals surface area contributed by atoms with Gasteiger partial charge < -0.3 is 14.8 Å². The minimum Gasteiger partial charge on any atom is -0.447 e. The van der Waals surface area contributed by atoms with E-state index in [9.17, 15) is 13.2 Å². The van der Waals surface area contributed by atoms with Crippen LogP contribution in [0.15, 0.2) is 0 Å². The van der Waals surface area contributed by atoms with Crippen LogP contribution in [-0.2, 0) is 19.3 Å². The number of sulfone groups is 1. The van der Waals surface area contributed by atoms with Crippen molar-refractivity contribution in [1.29, 1.82) is 0 Å². The van der Waals surface area contributed by atoms with Crippen LogP contribution in [-0.4, -0.2) is 50.9 Å². The Morgan fingerprint density at radius 3 is 2.81 bits per heavy atom. The third-order valence-electron chi connectivity index (χ3n) is 2.71. The number of ether oxygens (including phenoxy) is 2. The number of carbonyl (C=O) groups is 1. The van der Waals surface area contributed by atoms with Crippen LogP contribution in [0.4, 0.5) is 4.79 Å². The Bertz CT molecular complexity index is 389. The van der Waals surface area contributed by atoms with Gasteiger partial charge in [0.2, 0.25) is 0 Å². The fourth-order valence-corrected chi connectivity index (χ4v) is 3.82. The van der Waals surface area contributed by atoms with Crippen LogP contribution in [0, 0.1) is 0 Å². The molecule has 2 rings (SSSR count). The number of amides is 1. The van der Waals surface area contributed by atoms with Crippen LogP contribution < -0.4 is 5.32 Å². The van der Waals surface area contributed by atoms with Crippen LogP contribution >= 0.6 is 0 Å². The molecule has 2 heterocycles. The van der Waals surface area contributed by atoms with E-state index in [-0.39, 0.29) is 24.2 Å². The van der Waals surface area contributed by atoms with Crippen molar-refractivity contribution in [2.24, 2.45) is 0 Å². The summed E-state index contributed by atoms with van der Waals surface area (Å²) in [5, 5.41) is 2.60. The highest BCUT2D eigenvalue weighted by Crippen LogP contribution is 2.22. The second-order valence-electron chi connectivity index (χ2n) is 4.58. The molecule has 2 atom stereocenters. The molecule has 1 amide bonds. The first kappa shape index (κ1) is 11.7. The zero-order valence-corrected chi connectivity index (χ0v) is 9.88. The molecule has 6 nitrogen and oxygen atoms in total. The lowest BCUT2D eigenvalue weighted by Gasteiger charge is -2.23. The van der Waals surface area contributed by atoms with Gasteiger partial charge in [0, 0.05) is 0 Å². The highest BCUT2D eigenvalue weighted by Gasteiger charge is 2.40. The molecule has 0 saturated carbocycles. The molecule has 0 spiro atoms. The average molecular weight is 249 g/mol. The fourth-order valence-electron chi connectivity index (χ4n) is 1.72. The van der Waals surface area contributed by atoms with Gasteiger partial charge in [-0.2, -0.15) is 0 Å². The second kappa shape index (κ2) is 3.89. The summed E-state index contributed by atoms with van der Waals surface area (Å²) in [4.78, 5) is 11.4. The molecular formula is C9H15NO5S. The number of nitrogens with one attached hydrogen (secondary N) is 1. The zero-order valence-electron chi connectivity index (χ0n) is 9.06. The van der Waals surface area contributed by atoms with E-state index in [4.69, 9.17) is 9.47 Å². The molecule has 0 radical (unpaired) electrons. The van der Waals surface area contributed by atoms with Crippen LogP contribution in [0.2, 0.25) is 0 Å².